The molecule has 0 unspecified atom stereocenters. The zero-order valence-corrected chi connectivity index (χ0v) is 11.0. The molecule has 0 aromatic carbocycles. The average Bonchev–Trinajstić information content (AvgIpc) is 2.53. The van der Waals surface area contributed by atoms with E-state index >= 15 is 0 Å². The third-order valence-electron chi connectivity index (χ3n) is 2.25. The van der Waals surface area contributed by atoms with Crippen molar-refractivity contribution in [2.45, 2.75) is 19.3 Å². The Bertz CT molecular complexity index is 271. The normalized spacial score (nSPS) is 19.2. The molecule has 5 heteroatoms. The predicted molar refractivity (Wildman–Crippen MR) is 66.4 cm³/mol. The molecule has 2 nitrogen and oxygen atoms in total. The summed E-state index contributed by atoms with van der Waals surface area (Å²) in [6.45, 7) is 0. The fourth-order valence-electron chi connectivity index (χ4n) is 1.51. The quantitative estimate of drug-likeness (QED) is 0.782. The molecule has 0 atom stereocenters. The van der Waals surface area contributed by atoms with Crippen LogP contribution in [0.1, 0.15) is 17.8 Å². The molecular formula is C8H11IN2S2. The van der Waals surface area contributed by atoms with Gasteiger partial charge < -0.3 is 0 Å². The fraction of sp³-hybridized carbons (Fsp3) is 0.750. The minimum Gasteiger partial charge on any atom is -0.162 e. The molecule has 0 aliphatic carbocycles. The minimum atomic E-state index is 0.866. The molecule has 0 saturated carbocycles. The molecule has 1 aliphatic heterocycles. The van der Waals surface area contributed by atoms with Crippen LogP contribution < -0.4 is 0 Å². The molecule has 2 rings (SSSR count). The highest BCUT2D eigenvalue weighted by atomic mass is 127. The number of rotatable bonds is 2. The SMILES string of the molecule is Ic1nnc(CC2CCSCC2)s1. The largest absolute Gasteiger partial charge is 0.178 e. The number of halogens is 1. The van der Waals surface area contributed by atoms with E-state index in [2.05, 4.69) is 44.6 Å². The molecule has 0 radical (unpaired) electrons. The summed E-state index contributed by atoms with van der Waals surface area (Å²) in [5.74, 6) is 3.53. The molecular weight excluding hydrogens is 315 g/mol. The molecule has 1 aromatic heterocycles. The van der Waals surface area contributed by atoms with Gasteiger partial charge in [0.05, 0.1) is 0 Å². The summed E-state index contributed by atoms with van der Waals surface area (Å²) in [7, 11) is 0. The third-order valence-corrected chi connectivity index (χ3v) is 4.91. The first kappa shape index (κ1) is 10.2. The van der Waals surface area contributed by atoms with E-state index in [4.69, 9.17) is 0 Å². The van der Waals surface area contributed by atoms with Crippen LogP contribution in [-0.2, 0) is 6.42 Å². The highest BCUT2D eigenvalue weighted by Crippen LogP contribution is 2.26. The van der Waals surface area contributed by atoms with Crippen LogP contribution in [0, 0.1) is 8.93 Å². The van der Waals surface area contributed by atoms with E-state index < -0.39 is 0 Å². The lowest BCUT2D eigenvalue weighted by Crippen LogP contribution is -2.11. The lowest BCUT2D eigenvalue weighted by Gasteiger charge is -2.19. The van der Waals surface area contributed by atoms with Gasteiger partial charge in [-0.2, -0.15) is 11.8 Å². The lowest BCUT2D eigenvalue weighted by atomic mass is 9.99. The first-order chi connectivity index (χ1) is 6.34. The highest BCUT2D eigenvalue weighted by Gasteiger charge is 2.15. The summed E-state index contributed by atoms with van der Waals surface area (Å²) >= 11 is 6.05. The van der Waals surface area contributed by atoms with Crippen molar-refractivity contribution in [3.05, 3.63) is 8.02 Å². The van der Waals surface area contributed by atoms with Crippen molar-refractivity contribution in [1.82, 2.24) is 10.2 Å². The number of aromatic nitrogens is 2. The Hall–Kier alpha value is 0.640. The first-order valence-corrected chi connectivity index (χ1v) is 7.45. The van der Waals surface area contributed by atoms with Crippen LogP contribution in [0.3, 0.4) is 0 Å². The first-order valence-electron chi connectivity index (χ1n) is 4.40. The number of thioether (sulfide) groups is 1. The smallest absolute Gasteiger partial charge is 0.162 e. The van der Waals surface area contributed by atoms with Gasteiger partial charge in [0.1, 0.15) is 5.01 Å². The van der Waals surface area contributed by atoms with Crippen LogP contribution in [0.5, 0.6) is 0 Å². The maximum Gasteiger partial charge on any atom is 0.178 e. The summed E-state index contributed by atoms with van der Waals surface area (Å²) in [5, 5.41) is 9.42. The van der Waals surface area contributed by atoms with Crippen LogP contribution >= 0.6 is 45.7 Å². The fourth-order valence-corrected chi connectivity index (χ4v) is 4.26. The standard InChI is InChI=1S/C8H11IN2S2/c9-8-11-10-7(13-8)5-6-1-3-12-4-2-6/h6H,1-5H2. The van der Waals surface area contributed by atoms with Crippen molar-refractivity contribution >= 4 is 45.7 Å². The van der Waals surface area contributed by atoms with Gasteiger partial charge in [-0.1, -0.05) is 11.3 Å². The van der Waals surface area contributed by atoms with Gasteiger partial charge in [-0.3, -0.25) is 0 Å². The topological polar surface area (TPSA) is 25.8 Å². The van der Waals surface area contributed by atoms with E-state index in [1.54, 1.807) is 11.3 Å². The molecule has 1 aliphatic rings. The van der Waals surface area contributed by atoms with Gasteiger partial charge in [0.25, 0.3) is 0 Å². The van der Waals surface area contributed by atoms with E-state index in [-0.39, 0.29) is 0 Å². The zero-order chi connectivity index (χ0) is 9.10. The predicted octanol–water partition coefficient (Wildman–Crippen LogP) is 2.83. The summed E-state index contributed by atoms with van der Waals surface area (Å²) < 4.78 is 1.07. The van der Waals surface area contributed by atoms with Crippen LogP contribution in [0.25, 0.3) is 0 Å². The molecule has 2 heterocycles. The van der Waals surface area contributed by atoms with E-state index in [0.29, 0.717) is 0 Å². The number of nitrogens with zero attached hydrogens (tertiary/aromatic N) is 2. The Balaban J connectivity index is 1.89. The van der Waals surface area contributed by atoms with Gasteiger partial charge in [0, 0.05) is 6.42 Å². The molecule has 1 fully saturated rings. The van der Waals surface area contributed by atoms with Gasteiger partial charge in [-0.05, 0) is 52.9 Å². The van der Waals surface area contributed by atoms with Gasteiger partial charge in [-0.25, -0.2) is 0 Å². The summed E-state index contributed by atoms with van der Waals surface area (Å²) in [4.78, 5) is 0. The molecule has 72 valence electrons. The van der Waals surface area contributed by atoms with Gasteiger partial charge in [-0.15, -0.1) is 10.2 Å². The molecule has 13 heavy (non-hydrogen) atoms. The maximum atomic E-state index is 4.16. The number of hydrogen-bond donors (Lipinski definition) is 0. The van der Waals surface area contributed by atoms with Crippen LogP contribution in [0.15, 0.2) is 0 Å². The van der Waals surface area contributed by atoms with Crippen molar-refractivity contribution in [3.8, 4) is 0 Å². The van der Waals surface area contributed by atoms with Gasteiger partial charge >= 0.3 is 0 Å². The summed E-state index contributed by atoms with van der Waals surface area (Å²) in [6, 6.07) is 0. The maximum absolute atomic E-state index is 4.16. The molecule has 1 saturated heterocycles. The van der Waals surface area contributed by atoms with Gasteiger partial charge in [0.2, 0.25) is 0 Å². The molecule has 1 aromatic rings. The van der Waals surface area contributed by atoms with Crippen molar-refractivity contribution in [1.29, 1.82) is 0 Å². The van der Waals surface area contributed by atoms with Crippen molar-refractivity contribution in [2.75, 3.05) is 11.5 Å². The van der Waals surface area contributed by atoms with E-state index in [1.807, 2.05) is 0 Å². The van der Waals surface area contributed by atoms with Crippen molar-refractivity contribution in [2.24, 2.45) is 5.92 Å². The van der Waals surface area contributed by atoms with Gasteiger partial charge in [0.15, 0.2) is 3.01 Å². The Morgan fingerprint density at radius 3 is 2.69 bits per heavy atom. The Morgan fingerprint density at radius 1 is 1.31 bits per heavy atom. The second-order valence-corrected chi connectivity index (χ2v) is 7.25. The molecule has 0 spiro atoms. The Labute approximate surface area is 100 Å². The number of hydrogen-bond acceptors (Lipinski definition) is 4. The minimum absolute atomic E-state index is 0.866. The summed E-state index contributed by atoms with van der Waals surface area (Å²) in [6.07, 6.45) is 3.88. The molecule has 0 N–H and O–H groups in total. The van der Waals surface area contributed by atoms with Crippen LogP contribution in [0.4, 0.5) is 0 Å². The second kappa shape index (κ2) is 4.93. The van der Waals surface area contributed by atoms with E-state index in [1.165, 1.54) is 29.4 Å². The van der Waals surface area contributed by atoms with Crippen molar-refractivity contribution < 1.29 is 0 Å². The van der Waals surface area contributed by atoms with Crippen LogP contribution in [0.2, 0.25) is 0 Å². The molecule has 0 bridgehead atoms. The van der Waals surface area contributed by atoms with E-state index in [0.717, 1.165) is 15.4 Å². The monoisotopic (exact) mass is 326 g/mol. The second-order valence-electron chi connectivity index (χ2n) is 3.21. The molecule has 0 amide bonds. The summed E-state index contributed by atoms with van der Waals surface area (Å²) in [5.41, 5.74) is 0. The zero-order valence-electron chi connectivity index (χ0n) is 7.20. The van der Waals surface area contributed by atoms with Crippen LogP contribution in [-0.4, -0.2) is 21.7 Å². The highest BCUT2D eigenvalue weighted by molar-refractivity contribution is 14.1. The lowest BCUT2D eigenvalue weighted by molar-refractivity contribution is 0.485. The Morgan fingerprint density at radius 2 is 2.08 bits per heavy atom. The average molecular weight is 326 g/mol. The van der Waals surface area contributed by atoms with E-state index in [9.17, 15) is 0 Å². The Kier molecular flexibility index (Phi) is 3.86. The van der Waals surface area contributed by atoms with Crippen molar-refractivity contribution in [3.63, 3.8) is 0 Å². The third kappa shape index (κ3) is 3.06.